The first kappa shape index (κ1) is 13.0. The molecule has 0 aromatic rings. The van der Waals surface area contributed by atoms with Gasteiger partial charge in [0, 0.05) is 0 Å². The number of fused-ring (bicyclic) bond motifs is 2. The Morgan fingerprint density at radius 2 is 1.41 bits per heavy atom. The minimum absolute atomic E-state index is 0.571. The monoisotopic (exact) mass is 368 g/mol. The normalized spacial score (nSPS) is 42.6. The summed E-state index contributed by atoms with van der Waals surface area (Å²) in [5.74, 6) is -1.17. The molecule has 2 heterocycles. The van der Waals surface area contributed by atoms with Gasteiger partial charge in [0.25, 0.3) is 0 Å². The van der Waals surface area contributed by atoms with Gasteiger partial charge in [-0.15, -0.1) is 0 Å². The van der Waals surface area contributed by atoms with Gasteiger partial charge in [-0.1, -0.05) is 44.0 Å². The van der Waals surface area contributed by atoms with Crippen molar-refractivity contribution in [1.82, 2.24) is 0 Å². The number of carbonyl (C=O) groups excluding carboxylic acids is 2. The van der Waals surface area contributed by atoms with Crippen LogP contribution in [-0.4, -0.2) is 47.0 Å². The van der Waals surface area contributed by atoms with E-state index in [-0.39, 0.29) is 0 Å². The summed E-state index contributed by atoms with van der Waals surface area (Å²) in [6.45, 7) is 0. The molecule has 7 heteroatoms. The molecule has 2 aliphatic rings. The molecule has 94 valence electrons. The molecule has 17 heavy (non-hydrogen) atoms. The van der Waals surface area contributed by atoms with Crippen LogP contribution in [0.3, 0.4) is 0 Å². The number of hydrogen-bond acceptors (Lipinski definition) is 5. The second kappa shape index (κ2) is 4.07. The minimum atomic E-state index is -1.32. The van der Waals surface area contributed by atoms with Gasteiger partial charge in [0.05, 0.1) is 14.2 Å². The number of rotatable bonds is 2. The van der Waals surface area contributed by atoms with Crippen LogP contribution in [0.25, 0.3) is 0 Å². The largest absolute Gasteiger partial charge is 0.468 e. The van der Waals surface area contributed by atoms with Crippen LogP contribution in [0.2, 0.25) is 0 Å². The molecule has 0 saturated carbocycles. The lowest BCUT2D eigenvalue weighted by atomic mass is 9.82. The van der Waals surface area contributed by atoms with Crippen LogP contribution < -0.4 is 0 Å². The van der Waals surface area contributed by atoms with Gasteiger partial charge < -0.3 is 14.2 Å². The molecule has 2 bridgehead atoms. The van der Waals surface area contributed by atoms with E-state index >= 15 is 0 Å². The maximum atomic E-state index is 11.9. The first-order valence-corrected chi connectivity index (χ1v) is 6.40. The Balaban J connectivity index is 2.53. The number of esters is 2. The summed E-state index contributed by atoms with van der Waals surface area (Å²) in [4.78, 5) is 23.9. The van der Waals surface area contributed by atoms with Gasteiger partial charge in [0.2, 0.25) is 0 Å². The van der Waals surface area contributed by atoms with E-state index < -0.39 is 32.8 Å². The van der Waals surface area contributed by atoms with Crippen molar-refractivity contribution in [3.63, 3.8) is 0 Å². The SMILES string of the molecule is COC(=O)C1(Br)[C@@H]2C=C[C@@H](O2)C1(Br)C(=O)OC. The van der Waals surface area contributed by atoms with Gasteiger partial charge in [-0.2, -0.15) is 0 Å². The Morgan fingerprint density at radius 1 is 1.06 bits per heavy atom. The smallest absolute Gasteiger partial charge is 0.327 e. The molecular weight excluding hydrogens is 360 g/mol. The van der Waals surface area contributed by atoms with Crippen molar-refractivity contribution < 1.29 is 23.8 Å². The van der Waals surface area contributed by atoms with Crippen molar-refractivity contribution in [3.05, 3.63) is 12.2 Å². The average molecular weight is 370 g/mol. The number of halogens is 2. The molecule has 1 saturated heterocycles. The highest BCUT2D eigenvalue weighted by Gasteiger charge is 2.74. The summed E-state index contributed by atoms with van der Waals surface area (Å²) in [5, 5.41) is 0. The molecule has 1 fully saturated rings. The average Bonchev–Trinajstić information content (AvgIpc) is 2.90. The summed E-state index contributed by atoms with van der Waals surface area (Å²) in [6.07, 6.45) is 2.30. The summed E-state index contributed by atoms with van der Waals surface area (Å²) in [7, 11) is 2.51. The topological polar surface area (TPSA) is 61.8 Å². The molecule has 0 aliphatic carbocycles. The molecule has 0 amide bonds. The molecular formula is C10H10Br2O5. The molecule has 2 unspecified atom stereocenters. The second-order valence-corrected chi connectivity index (χ2v) is 6.27. The van der Waals surface area contributed by atoms with Gasteiger partial charge in [-0.3, -0.25) is 9.59 Å². The van der Waals surface area contributed by atoms with Gasteiger partial charge in [-0.25, -0.2) is 0 Å². The quantitative estimate of drug-likeness (QED) is 0.412. The Morgan fingerprint density at radius 3 is 1.71 bits per heavy atom. The fourth-order valence-corrected chi connectivity index (χ4v) is 3.76. The minimum Gasteiger partial charge on any atom is -0.468 e. The third-order valence-electron chi connectivity index (χ3n) is 3.03. The summed E-state index contributed by atoms with van der Waals surface area (Å²) in [5.41, 5.74) is 0. The van der Waals surface area contributed by atoms with Crippen molar-refractivity contribution in [2.75, 3.05) is 14.2 Å². The lowest BCUT2D eigenvalue weighted by Gasteiger charge is -2.36. The Hall–Kier alpha value is -0.400. The standard InChI is InChI=1S/C10H10Br2O5/c1-15-7(13)9(11)5-3-4-6(17-5)10(9,12)8(14)16-2/h3-6H,1-2H3/t5-,6+,9?,10?. The van der Waals surface area contributed by atoms with Crippen molar-refractivity contribution >= 4 is 43.8 Å². The predicted molar refractivity (Wildman–Crippen MR) is 65.1 cm³/mol. The molecule has 5 nitrogen and oxygen atoms in total. The fraction of sp³-hybridized carbons (Fsp3) is 0.600. The second-order valence-electron chi connectivity index (χ2n) is 3.77. The first-order valence-electron chi connectivity index (χ1n) is 4.81. The molecule has 2 rings (SSSR count). The molecule has 0 spiro atoms. The van der Waals surface area contributed by atoms with E-state index in [0.29, 0.717) is 0 Å². The maximum Gasteiger partial charge on any atom is 0.327 e. The third-order valence-corrected chi connectivity index (χ3v) is 6.37. The predicted octanol–water partition coefficient (Wildman–Crippen LogP) is 0.937. The van der Waals surface area contributed by atoms with Gasteiger partial charge in [0.15, 0.2) is 8.65 Å². The summed E-state index contributed by atoms with van der Waals surface area (Å²) < 4.78 is 12.4. The number of methoxy groups -OCH3 is 2. The van der Waals surface area contributed by atoms with Crippen LogP contribution in [0.1, 0.15) is 0 Å². The van der Waals surface area contributed by atoms with E-state index in [9.17, 15) is 9.59 Å². The zero-order chi connectivity index (χ0) is 12.8. The van der Waals surface area contributed by atoms with Crippen LogP contribution >= 0.6 is 31.9 Å². The van der Waals surface area contributed by atoms with Crippen LogP contribution in [0.15, 0.2) is 12.2 Å². The van der Waals surface area contributed by atoms with Gasteiger partial charge in [-0.05, 0) is 0 Å². The van der Waals surface area contributed by atoms with Crippen molar-refractivity contribution in [2.45, 2.75) is 20.9 Å². The van der Waals surface area contributed by atoms with Crippen LogP contribution in [-0.2, 0) is 23.8 Å². The number of alkyl halides is 2. The fourth-order valence-electron chi connectivity index (χ4n) is 2.14. The van der Waals surface area contributed by atoms with E-state index in [4.69, 9.17) is 14.2 Å². The van der Waals surface area contributed by atoms with E-state index in [2.05, 4.69) is 31.9 Å². The highest BCUT2D eigenvalue weighted by Crippen LogP contribution is 2.56. The Kier molecular flexibility index (Phi) is 3.12. The van der Waals surface area contributed by atoms with Crippen molar-refractivity contribution in [2.24, 2.45) is 0 Å². The van der Waals surface area contributed by atoms with Crippen LogP contribution in [0, 0.1) is 0 Å². The van der Waals surface area contributed by atoms with E-state index in [1.54, 1.807) is 12.2 Å². The zero-order valence-electron chi connectivity index (χ0n) is 9.11. The van der Waals surface area contributed by atoms with E-state index in [0.717, 1.165) is 0 Å². The van der Waals surface area contributed by atoms with E-state index in [1.165, 1.54) is 14.2 Å². The summed E-state index contributed by atoms with van der Waals surface area (Å²) in [6, 6.07) is 0. The van der Waals surface area contributed by atoms with Gasteiger partial charge >= 0.3 is 11.9 Å². The van der Waals surface area contributed by atoms with Crippen LogP contribution in [0.5, 0.6) is 0 Å². The molecule has 0 N–H and O–H groups in total. The molecule has 0 aromatic carbocycles. The number of carbonyl (C=O) groups is 2. The third kappa shape index (κ3) is 1.39. The molecule has 0 aromatic heterocycles. The van der Waals surface area contributed by atoms with Gasteiger partial charge in [0.1, 0.15) is 12.2 Å². The lowest BCUT2D eigenvalue weighted by Crippen LogP contribution is -2.61. The summed E-state index contributed by atoms with van der Waals surface area (Å²) >= 11 is 6.59. The van der Waals surface area contributed by atoms with Crippen LogP contribution in [0.4, 0.5) is 0 Å². The maximum absolute atomic E-state index is 11.9. The molecule has 4 atom stereocenters. The first-order chi connectivity index (χ1) is 7.92. The number of hydrogen-bond donors (Lipinski definition) is 0. The molecule has 0 radical (unpaired) electrons. The number of ether oxygens (including phenoxy) is 3. The molecule has 2 aliphatic heterocycles. The Labute approximate surface area is 115 Å². The Bertz CT molecular complexity index is 374. The lowest BCUT2D eigenvalue weighted by molar-refractivity contribution is -0.151. The highest BCUT2D eigenvalue weighted by atomic mass is 79.9. The van der Waals surface area contributed by atoms with E-state index in [1.807, 2.05) is 0 Å². The van der Waals surface area contributed by atoms with Crippen molar-refractivity contribution in [1.29, 1.82) is 0 Å². The zero-order valence-corrected chi connectivity index (χ0v) is 12.3. The van der Waals surface area contributed by atoms with Crippen molar-refractivity contribution in [3.8, 4) is 0 Å². The highest BCUT2D eigenvalue weighted by molar-refractivity contribution is 9.13.